The van der Waals surface area contributed by atoms with Crippen LogP contribution in [-0.4, -0.2) is 29.4 Å². The fraction of sp³-hybridized carbons (Fsp3) is 0.273. The topological polar surface area (TPSA) is 74.0 Å². The summed E-state index contributed by atoms with van der Waals surface area (Å²) in [5.41, 5.74) is 2.52. The van der Waals surface area contributed by atoms with Crippen LogP contribution in [0.1, 0.15) is 29.8 Å². The van der Waals surface area contributed by atoms with Crippen LogP contribution in [0, 0.1) is 11.7 Å². The molecule has 0 saturated carbocycles. The van der Waals surface area contributed by atoms with E-state index in [2.05, 4.69) is 15.6 Å². The van der Waals surface area contributed by atoms with Crippen molar-refractivity contribution in [1.29, 1.82) is 0 Å². The highest BCUT2D eigenvalue weighted by atomic mass is 19.1. The summed E-state index contributed by atoms with van der Waals surface area (Å²) in [6, 6.07) is 12.6. The molecule has 0 aliphatic rings. The fourth-order valence-electron chi connectivity index (χ4n) is 3.13. The van der Waals surface area contributed by atoms with Crippen molar-refractivity contribution >= 4 is 22.7 Å². The zero-order valence-electron chi connectivity index (χ0n) is 16.0. The van der Waals surface area contributed by atoms with E-state index in [0.29, 0.717) is 18.5 Å². The summed E-state index contributed by atoms with van der Waals surface area (Å²) < 4.78 is 13.0. The molecule has 1 aromatic heterocycles. The first-order valence-corrected chi connectivity index (χ1v) is 9.35. The highest BCUT2D eigenvalue weighted by Crippen LogP contribution is 2.17. The number of hydrogen-bond donors (Lipinski definition) is 3. The van der Waals surface area contributed by atoms with Crippen molar-refractivity contribution in [2.75, 3.05) is 6.54 Å². The lowest BCUT2D eigenvalue weighted by molar-refractivity contribution is -0.123. The number of halogens is 1. The van der Waals surface area contributed by atoms with Gasteiger partial charge >= 0.3 is 0 Å². The van der Waals surface area contributed by atoms with E-state index in [1.54, 1.807) is 0 Å². The van der Waals surface area contributed by atoms with Gasteiger partial charge in [0.05, 0.1) is 0 Å². The molecule has 6 heteroatoms. The maximum Gasteiger partial charge on any atom is 0.251 e. The van der Waals surface area contributed by atoms with Gasteiger partial charge in [-0.3, -0.25) is 9.59 Å². The maximum atomic E-state index is 13.0. The van der Waals surface area contributed by atoms with Gasteiger partial charge in [-0.2, -0.15) is 0 Å². The van der Waals surface area contributed by atoms with E-state index < -0.39 is 17.8 Å². The Balaban J connectivity index is 1.58. The molecule has 0 spiro atoms. The van der Waals surface area contributed by atoms with Gasteiger partial charge in [0.25, 0.3) is 5.91 Å². The van der Waals surface area contributed by atoms with Crippen LogP contribution in [0.25, 0.3) is 10.9 Å². The second-order valence-corrected chi connectivity index (χ2v) is 7.10. The molecule has 0 aliphatic heterocycles. The molecule has 0 unspecified atom stereocenters. The minimum Gasteiger partial charge on any atom is -0.361 e. The third-order valence-corrected chi connectivity index (χ3v) is 4.71. The van der Waals surface area contributed by atoms with E-state index in [0.717, 1.165) is 16.5 Å². The molecule has 2 amide bonds. The fourth-order valence-corrected chi connectivity index (χ4v) is 3.13. The number of H-pyrrole nitrogens is 1. The Bertz CT molecular complexity index is 963. The van der Waals surface area contributed by atoms with Crippen molar-refractivity contribution in [2.45, 2.75) is 26.3 Å². The number of hydrogen-bond acceptors (Lipinski definition) is 2. The van der Waals surface area contributed by atoms with E-state index >= 15 is 0 Å². The summed E-state index contributed by atoms with van der Waals surface area (Å²) in [6.07, 6.45) is 2.64. The van der Waals surface area contributed by atoms with Gasteiger partial charge in [-0.1, -0.05) is 32.0 Å². The molecular formula is C22H24FN3O2. The van der Waals surface area contributed by atoms with Crippen LogP contribution in [0.4, 0.5) is 4.39 Å². The number of amides is 2. The lowest BCUT2D eigenvalue weighted by Crippen LogP contribution is -2.50. The summed E-state index contributed by atoms with van der Waals surface area (Å²) in [4.78, 5) is 28.2. The standard InChI is InChI=1S/C22H24FN3O2/c1-14(2)20(26-21(27)15-7-9-17(23)10-8-15)22(28)24-12-11-16-13-25-19-6-4-3-5-18(16)19/h3-10,13-14,20,25H,11-12H2,1-2H3,(H,24,28)(H,26,27)/t20-/m1/s1. The van der Waals surface area contributed by atoms with Gasteiger partial charge in [-0.25, -0.2) is 4.39 Å². The minimum absolute atomic E-state index is 0.0857. The SMILES string of the molecule is CC(C)[C@@H](NC(=O)c1ccc(F)cc1)C(=O)NCCc1c[nH]c2ccccc12. The number of rotatable bonds is 7. The molecule has 0 fully saturated rings. The van der Waals surface area contributed by atoms with Crippen LogP contribution in [0.5, 0.6) is 0 Å². The third-order valence-electron chi connectivity index (χ3n) is 4.71. The predicted octanol–water partition coefficient (Wildman–Crippen LogP) is 3.42. The molecule has 1 heterocycles. The van der Waals surface area contributed by atoms with E-state index in [4.69, 9.17) is 0 Å². The van der Waals surface area contributed by atoms with E-state index in [-0.39, 0.29) is 11.8 Å². The molecule has 146 valence electrons. The number of nitrogens with one attached hydrogen (secondary N) is 3. The molecule has 0 bridgehead atoms. The molecule has 3 N–H and O–H groups in total. The molecule has 5 nitrogen and oxygen atoms in total. The zero-order valence-corrected chi connectivity index (χ0v) is 16.0. The lowest BCUT2D eigenvalue weighted by atomic mass is 10.0. The van der Waals surface area contributed by atoms with Gasteiger partial charge < -0.3 is 15.6 Å². The van der Waals surface area contributed by atoms with Crippen molar-refractivity contribution in [2.24, 2.45) is 5.92 Å². The molecule has 1 atom stereocenters. The predicted molar refractivity (Wildman–Crippen MR) is 108 cm³/mol. The number of carbonyl (C=O) groups is 2. The summed E-state index contributed by atoms with van der Waals surface area (Å²) >= 11 is 0. The minimum atomic E-state index is -0.666. The molecule has 3 aromatic rings. The van der Waals surface area contributed by atoms with Crippen molar-refractivity contribution in [3.63, 3.8) is 0 Å². The third kappa shape index (κ3) is 4.57. The molecular weight excluding hydrogens is 357 g/mol. The van der Waals surface area contributed by atoms with Crippen LogP contribution in [-0.2, 0) is 11.2 Å². The van der Waals surface area contributed by atoms with Gasteiger partial charge in [-0.15, -0.1) is 0 Å². The van der Waals surface area contributed by atoms with E-state index in [1.807, 2.05) is 44.3 Å². The highest BCUT2D eigenvalue weighted by Gasteiger charge is 2.24. The average Bonchev–Trinajstić information content (AvgIpc) is 3.09. The van der Waals surface area contributed by atoms with Gasteiger partial charge in [-0.05, 0) is 48.2 Å². The smallest absolute Gasteiger partial charge is 0.251 e. The maximum absolute atomic E-state index is 13.0. The average molecular weight is 381 g/mol. The van der Waals surface area contributed by atoms with Crippen molar-refractivity contribution in [1.82, 2.24) is 15.6 Å². The highest BCUT2D eigenvalue weighted by molar-refractivity contribution is 5.97. The Hall–Kier alpha value is -3.15. The van der Waals surface area contributed by atoms with E-state index in [9.17, 15) is 14.0 Å². The molecule has 3 rings (SSSR count). The number of carbonyl (C=O) groups excluding carboxylic acids is 2. The van der Waals surface area contributed by atoms with Crippen LogP contribution < -0.4 is 10.6 Å². The second kappa shape index (κ2) is 8.69. The van der Waals surface area contributed by atoms with Crippen molar-refractivity contribution in [3.8, 4) is 0 Å². The van der Waals surface area contributed by atoms with Gasteiger partial charge in [0.1, 0.15) is 11.9 Å². The largest absolute Gasteiger partial charge is 0.361 e. The van der Waals surface area contributed by atoms with Gasteiger partial charge in [0.15, 0.2) is 0 Å². The number of benzene rings is 2. The van der Waals surface area contributed by atoms with Crippen molar-refractivity contribution in [3.05, 3.63) is 71.7 Å². The first-order valence-electron chi connectivity index (χ1n) is 9.35. The number of para-hydroxylation sites is 1. The van der Waals surface area contributed by atoms with Crippen LogP contribution >= 0.6 is 0 Å². The summed E-state index contributed by atoms with van der Waals surface area (Å²) in [7, 11) is 0. The van der Waals surface area contributed by atoms with E-state index in [1.165, 1.54) is 24.3 Å². The molecule has 0 radical (unpaired) electrons. The van der Waals surface area contributed by atoms with Crippen LogP contribution in [0.2, 0.25) is 0 Å². The first-order chi connectivity index (χ1) is 13.5. The monoisotopic (exact) mass is 381 g/mol. The lowest BCUT2D eigenvalue weighted by Gasteiger charge is -2.21. The Morgan fingerprint density at radius 3 is 2.50 bits per heavy atom. The zero-order chi connectivity index (χ0) is 20.1. The Kier molecular flexibility index (Phi) is 6.09. The molecule has 28 heavy (non-hydrogen) atoms. The first kappa shape index (κ1) is 19.6. The quantitative estimate of drug-likeness (QED) is 0.587. The Labute approximate surface area is 163 Å². The summed E-state index contributed by atoms with van der Waals surface area (Å²) in [5.74, 6) is -1.12. The number of aromatic amines is 1. The number of fused-ring (bicyclic) bond motifs is 1. The van der Waals surface area contributed by atoms with Crippen molar-refractivity contribution < 1.29 is 14.0 Å². The van der Waals surface area contributed by atoms with Crippen LogP contribution in [0.3, 0.4) is 0 Å². The van der Waals surface area contributed by atoms with Gasteiger partial charge in [0.2, 0.25) is 5.91 Å². The summed E-state index contributed by atoms with van der Waals surface area (Å²) in [6.45, 7) is 4.21. The van der Waals surface area contributed by atoms with Gasteiger partial charge in [0, 0.05) is 29.2 Å². The normalized spacial score (nSPS) is 12.1. The van der Waals surface area contributed by atoms with Crippen LogP contribution in [0.15, 0.2) is 54.7 Å². The Morgan fingerprint density at radius 1 is 1.07 bits per heavy atom. The summed E-state index contributed by atoms with van der Waals surface area (Å²) in [5, 5.41) is 6.79. The molecule has 0 aliphatic carbocycles. The molecule has 0 saturated heterocycles. The molecule has 2 aromatic carbocycles. The number of aromatic nitrogens is 1. The second-order valence-electron chi connectivity index (χ2n) is 7.10. The Morgan fingerprint density at radius 2 is 1.79 bits per heavy atom.